The van der Waals surface area contributed by atoms with E-state index in [4.69, 9.17) is 25.6 Å². The quantitative estimate of drug-likeness (QED) is 0.619. The molecule has 152 valence electrons. The average molecular weight is 416 g/mol. The third kappa shape index (κ3) is 4.88. The maximum Gasteiger partial charge on any atom is 0.277 e. The summed E-state index contributed by atoms with van der Waals surface area (Å²) in [5, 5.41) is 7.35. The summed E-state index contributed by atoms with van der Waals surface area (Å²) in [6.45, 7) is 0.659. The van der Waals surface area contributed by atoms with Crippen LogP contribution in [0.25, 0.3) is 11.3 Å². The third-order valence-electron chi connectivity index (χ3n) is 4.21. The van der Waals surface area contributed by atoms with E-state index in [0.29, 0.717) is 40.1 Å². The molecule has 0 spiro atoms. The van der Waals surface area contributed by atoms with Crippen molar-refractivity contribution in [1.29, 1.82) is 0 Å². The molecule has 0 fully saturated rings. The van der Waals surface area contributed by atoms with Gasteiger partial charge in [-0.05, 0) is 56.1 Å². The van der Waals surface area contributed by atoms with Crippen molar-refractivity contribution in [3.63, 3.8) is 0 Å². The number of nitrogens with zero attached hydrogens (tertiary/aromatic N) is 2. The van der Waals surface area contributed by atoms with E-state index >= 15 is 0 Å². The number of benzene rings is 2. The van der Waals surface area contributed by atoms with Crippen LogP contribution in [0.4, 0.5) is 5.69 Å². The molecular weight excluding hydrogens is 394 g/mol. The van der Waals surface area contributed by atoms with Crippen molar-refractivity contribution in [2.45, 2.75) is 6.54 Å². The predicted molar refractivity (Wildman–Crippen MR) is 112 cm³/mol. The Bertz CT molecular complexity index is 1020. The van der Waals surface area contributed by atoms with Crippen molar-refractivity contribution in [2.75, 3.05) is 33.6 Å². The Balaban J connectivity index is 1.82. The Labute approximate surface area is 174 Å². The van der Waals surface area contributed by atoms with Crippen LogP contribution in [-0.4, -0.2) is 44.3 Å². The molecule has 3 aromatic rings. The zero-order valence-electron chi connectivity index (χ0n) is 16.7. The molecular formula is C21H22ClN3O4. The minimum Gasteiger partial charge on any atom is -0.497 e. The summed E-state index contributed by atoms with van der Waals surface area (Å²) in [5.74, 6) is 1.23. The van der Waals surface area contributed by atoms with Gasteiger partial charge in [0.1, 0.15) is 11.5 Å². The average Bonchev–Trinajstić information content (AvgIpc) is 3.20. The molecule has 29 heavy (non-hydrogen) atoms. The van der Waals surface area contributed by atoms with Crippen molar-refractivity contribution >= 4 is 23.2 Å². The molecule has 0 saturated carbocycles. The van der Waals surface area contributed by atoms with E-state index in [1.165, 1.54) is 0 Å². The highest BCUT2D eigenvalue weighted by molar-refractivity contribution is 6.31. The molecule has 0 aliphatic rings. The smallest absolute Gasteiger partial charge is 0.277 e. The molecule has 7 nitrogen and oxygen atoms in total. The van der Waals surface area contributed by atoms with E-state index in [9.17, 15) is 4.79 Å². The van der Waals surface area contributed by atoms with Crippen LogP contribution in [0, 0.1) is 0 Å². The van der Waals surface area contributed by atoms with Crippen LogP contribution in [0.3, 0.4) is 0 Å². The lowest BCUT2D eigenvalue weighted by Gasteiger charge is -2.13. The number of aromatic nitrogens is 1. The summed E-state index contributed by atoms with van der Waals surface area (Å²) < 4.78 is 16.0. The highest BCUT2D eigenvalue weighted by Crippen LogP contribution is 2.34. The van der Waals surface area contributed by atoms with Crippen molar-refractivity contribution in [3.8, 4) is 22.8 Å². The number of ether oxygens (including phenoxy) is 2. The van der Waals surface area contributed by atoms with Crippen LogP contribution in [0.5, 0.6) is 11.5 Å². The second kappa shape index (κ2) is 8.98. The summed E-state index contributed by atoms with van der Waals surface area (Å²) in [4.78, 5) is 14.6. The molecule has 2 aromatic carbocycles. The highest BCUT2D eigenvalue weighted by atomic mass is 35.5. The molecule has 0 atom stereocenters. The Morgan fingerprint density at radius 2 is 1.93 bits per heavy atom. The summed E-state index contributed by atoms with van der Waals surface area (Å²) >= 11 is 6.23. The number of hydrogen-bond acceptors (Lipinski definition) is 6. The molecule has 0 aliphatic heterocycles. The number of anilines is 1. The SMILES string of the molecule is COc1ccc(OC)c(-c2cc(C(=O)Nc3ccc(Cl)c(CN(C)C)c3)no2)c1. The van der Waals surface area contributed by atoms with Gasteiger partial charge in [0.25, 0.3) is 5.91 Å². The lowest BCUT2D eigenvalue weighted by atomic mass is 10.1. The van der Waals surface area contributed by atoms with Gasteiger partial charge >= 0.3 is 0 Å². The lowest BCUT2D eigenvalue weighted by Crippen LogP contribution is -2.14. The van der Waals surface area contributed by atoms with Crippen LogP contribution < -0.4 is 14.8 Å². The predicted octanol–water partition coefficient (Wildman–Crippen LogP) is 4.33. The van der Waals surface area contributed by atoms with Gasteiger partial charge in [-0.15, -0.1) is 0 Å². The topological polar surface area (TPSA) is 76.8 Å². The molecule has 0 radical (unpaired) electrons. The minimum atomic E-state index is -0.389. The maximum absolute atomic E-state index is 12.6. The van der Waals surface area contributed by atoms with Gasteiger partial charge in [0.2, 0.25) is 0 Å². The van der Waals surface area contributed by atoms with Crippen molar-refractivity contribution < 1.29 is 18.8 Å². The fourth-order valence-electron chi connectivity index (χ4n) is 2.83. The van der Waals surface area contributed by atoms with Gasteiger partial charge in [0, 0.05) is 23.3 Å². The maximum atomic E-state index is 12.6. The number of carbonyl (C=O) groups is 1. The van der Waals surface area contributed by atoms with E-state index in [1.54, 1.807) is 50.6 Å². The first-order valence-electron chi connectivity index (χ1n) is 8.85. The molecule has 3 rings (SSSR count). The molecule has 0 aliphatic carbocycles. The second-order valence-corrected chi connectivity index (χ2v) is 7.05. The number of rotatable bonds is 7. The van der Waals surface area contributed by atoms with Gasteiger partial charge in [-0.25, -0.2) is 0 Å². The third-order valence-corrected chi connectivity index (χ3v) is 4.57. The van der Waals surface area contributed by atoms with Gasteiger partial charge in [-0.2, -0.15) is 0 Å². The first-order valence-corrected chi connectivity index (χ1v) is 9.22. The van der Waals surface area contributed by atoms with Crippen LogP contribution in [-0.2, 0) is 6.54 Å². The number of hydrogen-bond donors (Lipinski definition) is 1. The normalized spacial score (nSPS) is 10.8. The summed E-state index contributed by atoms with van der Waals surface area (Å²) in [6, 6.07) is 12.2. The Morgan fingerprint density at radius 3 is 2.62 bits per heavy atom. The van der Waals surface area contributed by atoms with Gasteiger partial charge < -0.3 is 24.2 Å². The van der Waals surface area contributed by atoms with E-state index in [-0.39, 0.29) is 11.6 Å². The molecule has 1 aromatic heterocycles. The fourth-order valence-corrected chi connectivity index (χ4v) is 3.00. The lowest BCUT2D eigenvalue weighted by molar-refractivity contribution is 0.101. The van der Waals surface area contributed by atoms with E-state index in [1.807, 2.05) is 25.1 Å². The minimum absolute atomic E-state index is 0.147. The molecule has 0 saturated heterocycles. The van der Waals surface area contributed by atoms with Gasteiger partial charge in [0.15, 0.2) is 11.5 Å². The zero-order valence-corrected chi connectivity index (χ0v) is 17.4. The first-order chi connectivity index (χ1) is 13.9. The van der Waals surface area contributed by atoms with Gasteiger partial charge in [-0.1, -0.05) is 16.8 Å². The number of carbonyl (C=O) groups excluding carboxylic acids is 1. The molecule has 1 N–H and O–H groups in total. The largest absolute Gasteiger partial charge is 0.497 e. The fraction of sp³-hybridized carbons (Fsp3) is 0.238. The van der Waals surface area contributed by atoms with Gasteiger partial charge in [0.05, 0.1) is 19.8 Å². The standard InChI is InChI=1S/C21H22ClN3O4/c1-25(2)12-13-9-14(5-7-17(13)22)23-21(26)18-11-20(29-24-18)16-10-15(27-3)6-8-19(16)28-4/h5-11H,12H2,1-4H3,(H,23,26). The molecule has 1 amide bonds. The van der Waals surface area contributed by atoms with Crippen LogP contribution in [0.1, 0.15) is 16.1 Å². The van der Waals surface area contributed by atoms with Crippen LogP contribution in [0.15, 0.2) is 47.0 Å². The molecule has 1 heterocycles. The monoisotopic (exact) mass is 415 g/mol. The first kappa shape index (κ1) is 20.7. The number of halogens is 1. The Morgan fingerprint density at radius 1 is 1.14 bits per heavy atom. The van der Waals surface area contributed by atoms with Crippen LogP contribution >= 0.6 is 11.6 Å². The Hall–Kier alpha value is -3.03. The summed E-state index contributed by atoms with van der Waals surface area (Å²) in [6.07, 6.45) is 0. The van der Waals surface area contributed by atoms with E-state index in [0.717, 1.165) is 5.56 Å². The van der Waals surface area contributed by atoms with E-state index < -0.39 is 0 Å². The second-order valence-electron chi connectivity index (χ2n) is 6.64. The van der Waals surface area contributed by atoms with Crippen molar-refractivity contribution in [2.24, 2.45) is 0 Å². The molecule has 0 unspecified atom stereocenters. The van der Waals surface area contributed by atoms with Crippen molar-refractivity contribution in [3.05, 3.63) is 58.7 Å². The van der Waals surface area contributed by atoms with Crippen molar-refractivity contribution in [1.82, 2.24) is 10.1 Å². The highest BCUT2D eigenvalue weighted by Gasteiger charge is 2.18. The summed E-state index contributed by atoms with van der Waals surface area (Å²) in [5.41, 5.74) is 2.32. The van der Waals surface area contributed by atoms with Crippen LogP contribution in [0.2, 0.25) is 5.02 Å². The Kier molecular flexibility index (Phi) is 6.41. The van der Waals surface area contributed by atoms with E-state index in [2.05, 4.69) is 10.5 Å². The number of amides is 1. The summed E-state index contributed by atoms with van der Waals surface area (Å²) in [7, 11) is 7.03. The molecule has 8 heteroatoms. The number of nitrogens with one attached hydrogen (secondary N) is 1. The number of methoxy groups -OCH3 is 2. The zero-order chi connectivity index (χ0) is 21.0. The molecule has 0 bridgehead atoms. The van der Waals surface area contributed by atoms with Gasteiger partial charge in [-0.3, -0.25) is 4.79 Å².